The van der Waals surface area contributed by atoms with Crippen LogP contribution in [0, 0.1) is 6.92 Å². The number of carbonyl (C=O) groups excluding carboxylic acids is 1. The molecule has 1 N–H and O–H groups in total. The number of nitrogens with zero attached hydrogens (tertiary/aromatic N) is 3. The van der Waals surface area contributed by atoms with Gasteiger partial charge in [-0.25, -0.2) is 9.97 Å². The fourth-order valence-electron chi connectivity index (χ4n) is 4.77. The van der Waals surface area contributed by atoms with Crippen molar-refractivity contribution in [2.24, 2.45) is 0 Å². The van der Waals surface area contributed by atoms with Gasteiger partial charge in [0.25, 0.3) is 0 Å². The first-order chi connectivity index (χ1) is 16.3. The summed E-state index contributed by atoms with van der Waals surface area (Å²) in [6.07, 6.45) is 2.09. The first kappa shape index (κ1) is 23.7. The van der Waals surface area contributed by atoms with Crippen molar-refractivity contribution >= 4 is 17.6 Å². The molecule has 0 fully saturated rings. The molecule has 0 bridgehead atoms. The number of fused-ring (bicyclic) bond motifs is 1. The van der Waals surface area contributed by atoms with Crippen LogP contribution in [-0.2, 0) is 28.8 Å². The minimum absolute atomic E-state index is 0.128. The molecule has 6 nitrogen and oxygen atoms in total. The van der Waals surface area contributed by atoms with Gasteiger partial charge in [-0.2, -0.15) is 0 Å². The predicted octanol–water partition coefficient (Wildman–Crippen LogP) is 5.28. The number of esters is 1. The highest BCUT2D eigenvalue weighted by atomic mass is 16.5. The number of ether oxygens (including phenoxy) is 1. The van der Waals surface area contributed by atoms with Gasteiger partial charge < -0.3 is 15.0 Å². The van der Waals surface area contributed by atoms with E-state index in [1.165, 1.54) is 18.1 Å². The maximum absolute atomic E-state index is 11.8. The minimum atomic E-state index is -0.262. The molecule has 4 rings (SSSR count). The van der Waals surface area contributed by atoms with Crippen molar-refractivity contribution in [2.45, 2.75) is 59.1 Å². The van der Waals surface area contributed by atoms with Crippen LogP contribution in [0.3, 0.4) is 0 Å². The monoisotopic (exact) mass is 458 g/mol. The molecule has 2 heterocycles. The second-order valence-electron chi connectivity index (χ2n) is 9.07. The Morgan fingerprint density at radius 3 is 2.50 bits per heavy atom. The summed E-state index contributed by atoms with van der Waals surface area (Å²) in [6.45, 7) is 7.80. The average Bonchev–Trinajstić information content (AvgIpc) is 3.15. The topological polar surface area (TPSA) is 67.3 Å². The normalized spacial score (nSPS) is 16.8. The SMILES string of the molecule is CCc1cc(-c2ccc(N(C)C)nc2C)c(CC)nc1N[C@@H]1c2ccccc2C[C@@H]1OC(C)=O. The van der Waals surface area contributed by atoms with Crippen molar-refractivity contribution in [3.05, 3.63) is 70.5 Å². The number of anilines is 2. The first-order valence-corrected chi connectivity index (χ1v) is 12.0. The number of nitrogens with one attached hydrogen (secondary N) is 1. The molecule has 2 atom stereocenters. The van der Waals surface area contributed by atoms with E-state index in [9.17, 15) is 4.79 Å². The number of rotatable bonds is 7. The van der Waals surface area contributed by atoms with Gasteiger partial charge in [-0.3, -0.25) is 4.79 Å². The second-order valence-corrected chi connectivity index (χ2v) is 9.07. The lowest BCUT2D eigenvalue weighted by atomic mass is 9.98. The van der Waals surface area contributed by atoms with E-state index in [0.717, 1.165) is 52.6 Å². The zero-order chi connectivity index (χ0) is 24.4. The number of carbonyl (C=O) groups is 1. The van der Waals surface area contributed by atoms with Crippen molar-refractivity contribution in [3.63, 3.8) is 0 Å². The van der Waals surface area contributed by atoms with Crippen LogP contribution in [0.25, 0.3) is 11.1 Å². The van der Waals surface area contributed by atoms with Gasteiger partial charge in [-0.15, -0.1) is 0 Å². The number of aryl methyl sites for hydroxylation is 3. The Morgan fingerprint density at radius 2 is 1.85 bits per heavy atom. The molecule has 0 radical (unpaired) electrons. The van der Waals surface area contributed by atoms with Gasteiger partial charge in [0.05, 0.1) is 11.7 Å². The lowest BCUT2D eigenvalue weighted by Gasteiger charge is -2.25. The molecule has 0 spiro atoms. The minimum Gasteiger partial charge on any atom is -0.460 e. The summed E-state index contributed by atoms with van der Waals surface area (Å²) in [5.74, 6) is 1.54. The van der Waals surface area contributed by atoms with Gasteiger partial charge in [-0.1, -0.05) is 38.1 Å². The zero-order valence-electron chi connectivity index (χ0n) is 21.0. The van der Waals surface area contributed by atoms with Crippen molar-refractivity contribution in [2.75, 3.05) is 24.3 Å². The van der Waals surface area contributed by atoms with Gasteiger partial charge in [0.2, 0.25) is 0 Å². The summed E-state index contributed by atoms with van der Waals surface area (Å²) in [4.78, 5) is 23.7. The highest BCUT2D eigenvalue weighted by Gasteiger charge is 2.35. The van der Waals surface area contributed by atoms with Gasteiger partial charge >= 0.3 is 5.97 Å². The third-order valence-corrected chi connectivity index (χ3v) is 6.51. The zero-order valence-corrected chi connectivity index (χ0v) is 21.0. The van der Waals surface area contributed by atoms with Gasteiger partial charge in [-0.05, 0) is 54.7 Å². The second kappa shape index (κ2) is 9.84. The molecule has 178 valence electrons. The van der Waals surface area contributed by atoms with Crippen molar-refractivity contribution in [3.8, 4) is 11.1 Å². The Morgan fingerprint density at radius 1 is 1.09 bits per heavy atom. The molecule has 34 heavy (non-hydrogen) atoms. The Hall–Kier alpha value is -3.41. The number of pyridine rings is 2. The third-order valence-electron chi connectivity index (χ3n) is 6.51. The largest absolute Gasteiger partial charge is 0.460 e. The highest BCUT2D eigenvalue weighted by Crippen LogP contribution is 2.38. The summed E-state index contributed by atoms with van der Waals surface area (Å²) >= 11 is 0. The molecule has 1 aliphatic carbocycles. The van der Waals surface area contributed by atoms with Crippen LogP contribution in [0.15, 0.2) is 42.5 Å². The van der Waals surface area contributed by atoms with Crippen LogP contribution < -0.4 is 10.2 Å². The molecule has 1 aromatic carbocycles. The third kappa shape index (κ3) is 4.63. The molecular formula is C28H34N4O2. The highest BCUT2D eigenvalue weighted by molar-refractivity contribution is 5.72. The van der Waals surface area contributed by atoms with Gasteiger partial charge in [0.15, 0.2) is 0 Å². The Kier molecular flexibility index (Phi) is 6.87. The number of benzene rings is 1. The van der Waals surface area contributed by atoms with Crippen molar-refractivity contribution in [1.82, 2.24) is 9.97 Å². The molecule has 0 saturated carbocycles. The summed E-state index contributed by atoms with van der Waals surface area (Å²) in [5, 5.41) is 3.65. The Balaban J connectivity index is 1.74. The molecule has 0 aliphatic heterocycles. The molecule has 2 aromatic heterocycles. The lowest BCUT2D eigenvalue weighted by Crippen LogP contribution is -2.27. The smallest absolute Gasteiger partial charge is 0.302 e. The molecule has 3 aromatic rings. The molecular weight excluding hydrogens is 424 g/mol. The first-order valence-electron chi connectivity index (χ1n) is 12.0. The predicted molar refractivity (Wildman–Crippen MR) is 137 cm³/mol. The maximum atomic E-state index is 11.8. The van der Waals surface area contributed by atoms with E-state index >= 15 is 0 Å². The summed E-state index contributed by atoms with van der Waals surface area (Å²) < 4.78 is 5.71. The van der Waals surface area contributed by atoms with E-state index in [4.69, 9.17) is 14.7 Å². The van der Waals surface area contributed by atoms with Crippen molar-refractivity contribution < 1.29 is 9.53 Å². The van der Waals surface area contributed by atoms with E-state index in [1.807, 2.05) is 31.1 Å². The van der Waals surface area contributed by atoms with Crippen LogP contribution in [-0.4, -0.2) is 36.1 Å². The summed E-state index contributed by atoms with van der Waals surface area (Å²) in [7, 11) is 4.00. The van der Waals surface area contributed by atoms with Crippen LogP contribution in [0.4, 0.5) is 11.6 Å². The number of aromatic nitrogens is 2. The van der Waals surface area contributed by atoms with Crippen LogP contribution >= 0.6 is 0 Å². The molecule has 6 heteroatoms. The fraction of sp³-hybridized carbons (Fsp3) is 0.393. The molecule has 0 amide bonds. The number of hydrogen-bond donors (Lipinski definition) is 1. The molecule has 0 saturated heterocycles. The van der Waals surface area contributed by atoms with Crippen LogP contribution in [0.2, 0.25) is 0 Å². The lowest BCUT2D eigenvalue weighted by molar-refractivity contribution is -0.146. The van der Waals surface area contributed by atoms with Crippen molar-refractivity contribution in [1.29, 1.82) is 0 Å². The van der Waals surface area contributed by atoms with Gasteiger partial charge in [0, 0.05) is 44.3 Å². The Bertz CT molecular complexity index is 1210. The quantitative estimate of drug-likeness (QED) is 0.486. The van der Waals surface area contributed by atoms with E-state index in [2.05, 4.69) is 56.4 Å². The van der Waals surface area contributed by atoms with Crippen LogP contribution in [0.5, 0.6) is 0 Å². The Labute approximate surface area is 202 Å². The van der Waals surface area contributed by atoms with Crippen LogP contribution in [0.1, 0.15) is 54.9 Å². The van der Waals surface area contributed by atoms with E-state index in [-0.39, 0.29) is 18.1 Å². The van der Waals surface area contributed by atoms with E-state index in [1.54, 1.807) is 0 Å². The molecule has 0 unspecified atom stereocenters. The maximum Gasteiger partial charge on any atom is 0.302 e. The number of hydrogen-bond acceptors (Lipinski definition) is 6. The fourth-order valence-corrected chi connectivity index (χ4v) is 4.77. The van der Waals surface area contributed by atoms with E-state index < -0.39 is 0 Å². The summed E-state index contributed by atoms with van der Waals surface area (Å²) in [5.41, 5.74) is 7.76. The van der Waals surface area contributed by atoms with Gasteiger partial charge in [0.1, 0.15) is 17.7 Å². The molecule has 1 aliphatic rings. The summed E-state index contributed by atoms with van der Waals surface area (Å²) in [6, 6.07) is 14.6. The standard InChI is InChI=1S/C28H34N4O2/c1-7-19-15-23(21-13-14-26(32(5)6)29-17(21)3)24(8-2)30-28(19)31-27-22-12-10-9-11-20(22)16-25(27)34-18(4)33/h9-15,25,27H,7-8,16H2,1-6H3,(H,30,31)/t25-,27+/m0/s1. The average molecular weight is 459 g/mol. The van der Waals surface area contributed by atoms with E-state index in [0.29, 0.717) is 6.42 Å².